The first-order valence-corrected chi connectivity index (χ1v) is 6.19. The Bertz CT molecular complexity index is 319. The van der Waals surface area contributed by atoms with Gasteiger partial charge in [0.15, 0.2) is 0 Å². The van der Waals surface area contributed by atoms with Crippen LogP contribution in [-0.2, 0) is 0 Å². The van der Waals surface area contributed by atoms with Crippen molar-refractivity contribution in [3.63, 3.8) is 0 Å². The van der Waals surface area contributed by atoms with E-state index in [-0.39, 0.29) is 0 Å². The predicted molar refractivity (Wildman–Crippen MR) is 62.7 cm³/mol. The van der Waals surface area contributed by atoms with Gasteiger partial charge in [0, 0.05) is 6.04 Å². The second-order valence-electron chi connectivity index (χ2n) is 5.12. The maximum atomic E-state index is 3.71. The zero-order valence-electron chi connectivity index (χ0n) is 9.21. The molecule has 1 nitrogen and oxygen atoms in total. The smallest absolute Gasteiger partial charge is 0.0377 e. The van der Waals surface area contributed by atoms with E-state index in [9.17, 15) is 0 Å². The molecule has 2 aliphatic rings. The number of hydrogen-bond acceptors (Lipinski definition) is 1. The van der Waals surface area contributed by atoms with Gasteiger partial charge in [-0.05, 0) is 36.8 Å². The lowest BCUT2D eigenvalue weighted by molar-refractivity contribution is 0.259. The summed E-state index contributed by atoms with van der Waals surface area (Å²) in [7, 11) is 0. The van der Waals surface area contributed by atoms with E-state index < -0.39 is 0 Å². The van der Waals surface area contributed by atoms with Crippen LogP contribution in [-0.4, -0.2) is 6.54 Å². The Hall–Kier alpha value is -0.820. The summed E-state index contributed by atoms with van der Waals surface area (Å²) < 4.78 is 0. The molecule has 1 saturated carbocycles. The van der Waals surface area contributed by atoms with Gasteiger partial charge in [0.05, 0.1) is 0 Å². The van der Waals surface area contributed by atoms with Crippen LogP contribution in [0, 0.1) is 5.41 Å². The molecule has 1 atom stereocenters. The fourth-order valence-electron chi connectivity index (χ4n) is 3.56. The monoisotopic (exact) mass is 201 g/mol. The van der Waals surface area contributed by atoms with Crippen molar-refractivity contribution in [2.75, 3.05) is 6.54 Å². The Morgan fingerprint density at radius 2 is 1.73 bits per heavy atom. The Morgan fingerprint density at radius 1 is 1.00 bits per heavy atom. The molecule has 1 aromatic rings. The van der Waals surface area contributed by atoms with E-state index in [1.54, 1.807) is 0 Å². The molecule has 1 aliphatic carbocycles. The lowest BCUT2D eigenvalue weighted by Gasteiger charge is -2.31. The van der Waals surface area contributed by atoms with Gasteiger partial charge in [-0.15, -0.1) is 0 Å². The summed E-state index contributed by atoms with van der Waals surface area (Å²) in [6.45, 7) is 1.21. The Balaban J connectivity index is 1.92. The molecule has 1 heteroatoms. The molecule has 1 aliphatic heterocycles. The molecule has 1 saturated heterocycles. The van der Waals surface area contributed by atoms with Gasteiger partial charge in [0.25, 0.3) is 0 Å². The molecule has 2 fully saturated rings. The fourth-order valence-corrected chi connectivity index (χ4v) is 3.56. The third-order valence-electron chi connectivity index (χ3n) is 4.32. The maximum absolute atomic E-state index is 3.71. The van der Waals surface area contributed by atoms with E-state index in [2.05, 4.69) is 35.6 Å². The number of rotatable bonds is 1. The van der Waals surface area contributed by atoms with Crippen molar-refractivity contribution < 1.29 is 0 Å². The van der Waals surface area contributed by atoms with Crippen LogP contribution in [0.1, 0.15) is 43.7 Å². The van der Waals surface area contributed by atoms with Crippen LogP contribution in [0.2, 0.25) is 0 Å². The largest absolute Gasteiger partial charge is 0.309 e. The van der Waals surface area contributed by atoms with Gasteiger partial charge >= 0.3 is 0 Å². The molecule has 3 rings (SSSR count). The highest BCUT2D eigenvalue weighted by molar-refractivity contribution is 5.23. The normalized spacial score (nSPS) is 28.7. The lowest BCUT2D eigenvalue weighted by atomic mass is 9.76. The van der Waals surface area contributed by atoms with Crippen molar-refractivity contribution in [2.45, 2.75) is 38.1 Å². The molecular weight excluding hydrogens is 182 g/mol. The third-order valence-corrected chi connectivity index (χ3v) is 4.32. The van der Waals surface area contributed by atoms with E-state index in [1.807, 2.05) is 0 Å². The van der Waals surface area contributed by atoms with E-state index >= 15 is 0 Å². The van der Waals surface area contributed by atoms with Crippen LogP contribution in [0.3, 0.4) is 0 Å². The fraction of sp³-hybridized carbons (Fsp3) is 0.571. The van der Waals surface area contributed by atoms with Crippen molar-refractivity contribution in [2.24, 2.45) is 5.41 Å². The first-order chi connectivity index (χ1) is 7.41. The van der Waals surface area contributed by atoms with Crippen molar-refractivity contribution in [1.82, 2.24) is 5.32 Å². The third kappa shape index (κ3) is 1.50. The molecule has 1 spiro atoms. The molecule has 1 N–H and O–H groups in total. The van der Waals surface area contributed by atoms with Crippen molar-refractivity contribution in [3.05, 3.63) is 35.9 Å². The van der Waals surface area contributed by atoms with Gasteiger partial charge in [-0.3, -0.25) is 0 Å². The first-order valence-electron chi connectivity index (χ1n) is 6.19. The molecule has 80 valence electrons. The minimum absolute atomic E-state index is 0.599. The molecule has 0 radical (unpaired) electrons. The molecule has 0 bridgehead atoms. The van der Waals surface area contributed by atoms with Crippen LogP contribution in [0.25, 0.3) is 0 Å². The summed E-state index contributed by atoms with van der Waals surface area (Å²) in [5, 5.41) is 3.71. The highest BCUT2D eigenvalue weighted by Gasteiger charge is 2.44. The van der Waals surface area contributed by atoms with Gasteiger partial charge < -0.3 is 5.32 Å². The van der Waals surface area contributed by atoms with Gasteiger partial charge in [0.2, 0.25) is 0 Å². The second-order valence-corrected chi connectivity index (χ2v) is 5.12. The minimum Gasteiger partial charge on any atom is -0.309 e. The molecule has 0 amide bonds. The Kier molecular flexibility index (Phi) is 2.28. The summed E-state index contributed by atoms with van der Waals surface area (Å²) in [4.78, 5) is 0. The van der Waals surface area contributed by atoms with E-state index in [1.165, 1.54) is 44.2 Å². The quantitative estimate of drug-likeness (QED) is 0.735. The molecular formula is C14H19N. The van der Waals surface area contributed by atoms with Crippen LogP contribution < -0.4 is 5.32 Å². The molecule has 15 heavy (non-hydrogen) atoms. The molecule has 1 aromatic carbocycles. The van der Waals surface area contributed by atoms with Crippen molar-refractivity contribution in [3.8, 4) is 0 Å². The van der Waals surface area contributed by atoms with Gasteiger partial charge in [-0.2, -0.15) is 0 Å². The van der Waals surface area contributed by atoms with Crippen molar-refractivity contribution >= 4 is 0 Å². The number of nitrogens with one attached hydrogen (secondary N) is 1. The second kappa shape index (κ2) is 3.64. The summed E-state index contributed by atoms with van der Waals surface area (Å²) in [5.74, 6) is 0. The maximum Gasteiger partial charge on any atom is 0.0377 e. The van der Waals surface area contributed by atoms with E-state index in [0.29, 0.717) is 11.5 Å². The van der Waals surface area contributed by atoms with E-state index in [4.69, 9.17) is 0 Å². The van der Waals surface area contributed by atoms with Gasteiger partial charge in [-0.25, -0.2) is 0 Å². The topological polar surface area (TPSA) is 12.0 Å². The molecule has 1 heterocycles. The average Bonchev–Trinajstić information content (AvgIpc) is 2.91. The standard InChI is InChI=1S/C14H19N/c1-2-6-12(7-3-1)13-14(10-11-15-13)8-4-5-9-14/h1-3,6-7,13,15H,4-5,8-11H2. The van der Waals surface area contributed by atoms with E-state index in [0.717, 1.165) is 0 Å². The van der Waals surface area contributed by atoms with Crippen LogP contribution in [0.4, 0.5) is 0 Å². The van der Waals surface area contributed by atoms with Crippen LogP contribution in [0.15, 0.2) is 30.3 Å². The Labute approximate surface area is 91.9 Å². The lowest BCUT2D eigenvalue weighted by Crippen LogP contribution is -2.26. The average molecular weight is 201 g/mol. The Morgan fingerprint density at radius 3 is 2.47 bits per heavy atom. The summed E-state index contributed by atoms with van der Waals surface area (Å²) in [5.41, 5.74) is 2.10. The zero-order chi connectivity index (χ0) is 10.1. The highest BCUT2D eigenvalue weighted by atomic mass is 15.0. The molecule has 1 unspecified atom stereocenters. The summed E-state index contributed by atoms with van der Waals surface area (Å²) in [6.07, 6.45) is 7.11. The zero-order valence-corrected chi connectivity index (χ0v) is 9.21. The van der Waals surface area contributed by atoms with Gasteiger partial charge in [-0.1, -0.05) is 43.2 Å². The van der Waals surface area contributed by atoms with Crippen molar-refractivity contribution in [1.29, 1.82) is 0 Å². The summed E-state index contributed by atoms with van der Waals surface area (Å²) in [6, 6.07) is 11.6. The van der Waals surface area contributed by atoms with Crippen LogP contribution >= 0.6 is 0 Å². The first kappa shape index (κ1) is 9.41. The number of hydrogen-bond donors (Lipinski definition) is 1. The SMILES string of the molecule is c1ccc(C2NCCC23CCCC3)cc1. The highest BCUT2D eigenvalue weighted by Crippen LogP contribution is 2.52. The van der Waals surface area contributed by atoms with Gasteiger partial charge in [0.1, 0.15) is 0 Å². The predicted octanol–water partition coefficient (Wildman–Crippen LogP) is 3.28. The summed E-state index contributed by atoms with van der Waals surface area (Å²) >= 11 is 0. The minimum atomic E-state index is 0.599. The molecule has 0 aromatic heterocycles. The number of benzene rings is 1. The van der Waals surface area contributed by atoms with Crippen LogP contribution in [0.5, 0.6) is 0 Å².